The molecular formula is C10H14Cl2N2. The van der Waals surface area contributed by atoms with Crippen LogP contribution in [0.25, 0.3) is 0 Å². The lowest BCUT2D eigenvalue weighted by Crippen LogP contribution is -2.09. The average Bonchev–Trinajstić information content (AvgIpc) is 2.01. The van der Waals surface area contributed by atoms with Gasteiger partial charge in [0.05, 0.1) is 5.69 Å². The predicted molar refractivity (Wildman–Crippen MR) is 62.3 cm³/mol. The first-order valence-corrected chi connectivity index (χ1v) is 5.32. The topological polar surface area (TPSA) is 24.9 Å². The van der Waals surface area contributed by atoms with Crippen LogP contribution in [0.4, 0.5) is 5.69 Å². The van der Waals surface area contributed by atoms with Crippen LogP contribution in [0, 0.1) is 12.8 Å². The van der Waals surface area contributed by atoms with Crippen LogP contribution in [0.5, 0.6) is 0 Å². The highest BCUT2D eigenvalue weighted by Crippen LogP contribution is 2.26. The highest BCUT2D eigenvalue weighted by Gasteiger charge is 2.07. The SMILES string of the molecule is Cc1cc(Cl)nc(Cl)c1NCC(C)C. The van der Waals surface area contributed by atoms with E-state index in [1.165, 1.54) is 0 Å². The van der Waals surface area contributed by atoms with Gasteiger partial charge >= 0.3 is 0 Å². The summed E-state index contributed by atoms with van der Waals surface area (Å²) in [7, 11) is 0. The van der Waals surface area contributed by atoms with Crippen LogP contribution in [0.2, 0.25) is 10.3 Å². The number of anilines is 1. The third kappa shape index (κ3) is 3.03. The van der Waals surface area contributed by atoms with Gasteiger partial charge < -0.3 is 5.32 Å². The number of hydrogen-bond acceptors (Lipinski definition) is 2. The lowest BCUT2D eigenvalue weighted by molar-refractivity contribution is 0.688. The molecule has 0 amide bonds. The molecule has 0 spiro atoms. The van der Waals surface area contributed by atoms with Crippen molar-refractivity contribution < 1.29 is 0 Å². The Kier molecular flexibility index (Phi) is 4.02. The lowest BCUT2D eigenvalue weighted by Gasteiger charge is -2.12. The second kappa shape index (κ2) is 4.85. The Bertz CT molecular complexity index is 301. The molecule has 0 bridgehead atoms. The maximum atomic E-state index is 5.96. The number of rotatable bonds is 3. The summed E-state index contributed by atoms with van der Waals surface area (Å²) in [5.41, 5.74) is 1.90. The minimum Gasteiger partial charge on any atom is -0.382 e. The van der Waals surface area contributed by atoms with Crippen molar-refractivity contribution in [2.45, 2.75) is 20.8 Å². The maximum Gasteiger partial charge on any atom is 0.154 e. The summed E-state index contributed by atoms with van der Waals surface area (Å²) in [6, 6.07) is 1.80. The molecule has 78 valence electrons. The van der Waals surface area contributed by atoms with Crippen molar-refractivity contribution >= 4 is 28.9 Å². The average molecular weight is 233 g/mol. The van der Waals surface area contributed by atoms with Crippen molar-refractivity contribution in [3.63, 3.8) is 0 Å². The Morgan fingerprint density at radius 2 is 2.07 bits per heavy atom. The minimum absolute atomic E-state index is 0.433. The number of aryl methyl sites for hydroxylation is 1. The van der Waals surface area contributed by atoms with Crippen LogP contribution in [-0.2, 0) is 0 Å². The largest absolute Gasteiger partial charge is 0.382 e. The van der Waals surface area contributed by atoms with E-state index in [4.69, 9.17) is 23.2 Å². The molecule has 4 heteroatoms. The zero-order chi connectivity index (χ0) is 10.7. The van der Waals surface area contributed by atoms with Crippen LogP contribution < -0.4 is 5.32 Å². The van der Waals surface area contributed by atoms with E-state index in [-0.39, 0.29) is 0 Å². The summed E-state index contributed by atoms with van der Waals surface area (Å²) in [6.07, 6.45) is 0. The molecule has 0 radical (unpaired) electrons. The molecule has 0 aliphatic heterocycles. The smallest absolute Gasteiger partial charge is 0.154 e. The Morgan fingerprint density at radius 3 is 2.57 bits per heavy atom. The zero-order valence-electron chi connectivity index (χ0n) is 8.56. The Morgan fingerprint density at radius 1 is 1.43 bits per heavy atom. The Labute approximate surface area is 94.6 Å². The second-order valence-corrected chi connectivity index (χ2v) is 4.45. The third-order valence-electron chi connectivity index (χ3n) is 1.83. The van der Waals surface area contributed by atoms with Gasteiger partial charge in [0.1, 0.15) is 5.15 Å². The first-order valence-electron chi connectivity index (χ1n) is 4.57. The number of hydrogen-bond donors (Lipinski definition) is 1. The molecule has 0 aliphatic carbocycles. The van der Waals surface area contributed by atoms with Crippen LogP contribution in [0.1, 0.15) is 19.4 Å². The van der Waals surface area contributed by atoms with Gasteiger partial charge in [0.15, 0.2) is 5.15 Å². The first kappa shape index (κ1) is 11.6. The third-order valence-corrected chi connectivity index (χ3v) is 2.30. The molecule has 1 aromatic rings. The molecule has 0 saturated heterocycles. The van der Waals surface area contributed by atoms with E-state index >= 15 is 0 Å². The van der Waals surface area contributed by atoms with Gasteiger partial charge in [-0.25, -0.2) is 4.98 Å². The maximum absolute atomic E-state index is 5.96. The summed E-state index contributed by atoms with van der Waals surface area (Å²) < 4.78 is 0. The molecule has 1 rings (SSSR count). The first-order chi connectivity index (χ1) is 6.50. The van der Waals surface area contributed by atoms with Crippen LogP contribution in [0.3, 0.4) is 0 Å². The van der Waals surface area contributed by atoms with E-state index in [2.05, 4.69) is 24.1 Å². The van der Waals surface area contributed by atoms with Gasteiger partial charge in [-0.3, -0.25) is 0 Å². The number of aromatic nitrogens is 1. The fourth-order valence-electron chi connectivity index (χ4n) is 1.11. The van der Waals surface area contributed by atoms with Crippen molar-refractivity contribution in [2.75, 3.05) is 11.9 Å². The fourth-order valence-corrected chi connectivity index (χ4v) is 1.71. The normalized spacial score (nSPS) is 10.7. The summed E-state index contributed by atoms with van der Waals surface area (Å²) in [4.78, 5) is 3.98. The van der Waals surface area contributed by atoms with E-state index in [1.807, 2.05) is 6.92 Å². The number of halogens is 2. The Balaban J connectivity index is 2.86. The monoisotopic (exact) mass is 232 g/mol. The molecule has 1 heterocycles. The van der Waals surface area contributed by atoms with Gasteiger partial charge in [-0.15, -0.1) is 0 Å². The van der Waals surface area contributed by atoms with Gasteiger partial charge in [0.2, 0.25) is 0 Å². The standard InChI is InChI=1S/C10H14Cl2N2/c1-6(2)5-13-9-7(3)4-8(11)14-10(9)12/h4,6,13H,5H2,1-3H3. The molecular weight excluding hydrogens is 219 g/mol. The van der Waals surface area contributed by atoms with Crippen molar-refractivity contribution in [3.05, 3.63) is 21.9 Å². The number of nitrogens with one attached hydrogen (secondary N) is 1. The van der Waals surface area contributed by atoms with Crippen molar-refractivity contribution in [2.24, 2.45) is 5.92 Å². The van der Waals surface area contributed by atoms with E-state index in [0.29, 0.717) is 16.2 Å². The summed E-state index contributed by atoms with van der Waals surface area (Å²) in [5.74, 6) is 0.571. The van der Waals surface area contributed by atoms with Crippen LogP contribution in [-0.4, -0.2) is 11.5 Å². The van der Waals surface area contributed by atoms with Gasteiger partial charge in [-0.2, -0.15) is 0 Å². The molecule has 0 aromatic carbocycles. The quantitative estimate of drug-likeness (QED) is 0.804. The molecule has 0 atom stereocenters. The summed E-state index contributed by atoms with van der Waals surface area (Å²) in [6.45, 7) is 7.12. The highest BCUT2D eigenvalue weighted by atomic mass is 35.5. The number of pyridine rings is 1. The van der Waals surface area contributed by atoms with E-state index < -0.39 is 0 Å². The molecule has 0 unspecified atom stereocenters. The van der Waals surface area contributed by atoms with Crippen LogP contribution in [0.15, 0.2) is 6.07 Å². The zero-order valence-corrected chi connectivity index (χ0v) is 10.1. The fraction of sp³-hybridized carbons (Fsp3) is 0.500. The van der Waals surface area contributed by atoms with Crippen molar-refractivity contribution in [1.82, 2.24) is 4.98 Å². The summed E-state index contributed by atoms with van der Waals surface area (Å²) >= 11 is 11.7. The molecule has 0 aliphatic rings. The second-order valence-electron chi connectivity index (χ2n) is 3.70. The molecule has 0 fully saturated rings. The van der Waals surface area contributed by atoms with Gasteiger partial charge in [0.25, 0.3) is 0 Å². The minimum atomic E-state index is 0.433. The van der Waals surface area contributed by atoms with Crippen LogP contribution >= 0.6 is 23.2 Å². The predicted octanol–water partition coefficient (Wildman–Crippen LogP) is 3.76. The highest BCUT2D eigenvalue weighted by molar-refractivity contribution is 6.34. The number of nitrogens with zero attached hydrogens (tertiary/aromatic N) is 1. The van der Waals surface area contributed by atoms with E-state index in [0.717, 1.165) is 17.8 Å². The molecule has 1 N–H and O–H groups in total. The molecule has 14 heavy (non-hydrogen) atoms. The summed E-state index contributed by atoms with van der Waals surface area (Å²) in [5, 5.41) is 4.13. The van der Waals surface area contributed by atoms with Gasteiger partial charge in [0, 0.05) is 6.54 Å². The van der Waals surface area contributed by atoms with Crippen molar-refractivity contribution in [1.29, 1.82) is 0 Å². The Hall–Kier alpha value is -0.470. The van der Waals surface area contributed by atoms with Gasteiger partial charge in [-0.1, -0.05) is 37.0 Å². The lowest BCUT2D eigenvalue weighted by atomic mass is 10.2. The van der Waals surface area contributed by atoms with E-state index in [1.54, 1.807) is 6.07 Å². The molecule has 2 nitrogen and oxygen atoms in total. The molecule has 1 aromatic heterocycles. The van der Waals surface area contributed by atoms with E-state index in [9.17, 15) is 0 Å². The molecule has 0 saturated carbocycles. The van der Waals surface area contributed by atoms with Gasteiger partial charge in [-0.05, 0) is 24.5 Å². The van der Waals surface area contributed by atoms with Crippen molar-refractivity contribution in [3.8, 4) is 0 Å².